The van der Waals surface area contributed by atoms with Gasteiger partial charge in [0.2, 0.25) is 5.91 Å². The lowest BCUT2D eigenvalue weighted by molar-refractivity contribution is -0.132. The van der Waals surface area contributed by atoms with Crippen molar-refractivity contribution in [1.29, 1.82) is 0 Å². The highest BCUT2D eigenvalue weighted by Crippen LogP contribution is 2.16. The van der Waals surface area contributed by atoms with Crippen LogP contribution in [0.25, 0.3) is 0 Å². The lowest BCUT2D eigenvalue weighted by atomic mass is 10.1. The molecule has 0 bridgehead atoms. The fourth-order valence-corrected chi connectivity index (χ4v) is 3.54. The van der Waals surface area contributed by atoms with Crippen LogP contribution in [0.2, 0.25) is 0 Å². The molecule has 1 saturated heterocycles. The van der Waals surface area contributed by atoms with Gasteiger partial charge >= 0.3 is 0 Å². The van der Waals surface area contributed by atoms with Crippen molar-refractivity contribution in [3.63, 3.8) is 0 Å². The number of piperazine rings is 1. The minimum atomic E-state index is -0.735. The van der Waals surface area contributed by atoms with Gasteiger partial charge in [0.05, 0.1) is 5.56 Å². The molecule has 2 aromatic rings. The number of hydrogen-bond acceptors (Lipinski definition) is 3. The first kappa shape index (κ1) is 17.5. The van der Waals surface area contributed by atoms with Gasteiger partial charge in [-0.1, -0.05) is 6.07 Å². The Balaban J connectivity index is 1.53. The second-order valence-electron chi connectivity index (χ2n) is 5.88. The van der Waals surface area contributed by atoms with Crippen LogP contribution < -0.4 is 0 Å². The SMILES string of the molecule is O=C(CCc1cccs1)N1CCN(C(=O)c2cc(F)ccc2F)CC1. The Hall–Kier alpha value is -2.28. The quantitative estimate of drug-likeness (QED) is 0.837. The van der Waals surface area contributed by atoms with Crippen LogP contribution in [-0.2, 0) is 11.2 Å². The topological polar surface area (TPSA) is 40.6 Å². The maximum Gasteiger partial charge on any atom is 0.257 e. The van der Waals surface area contributed by atoms with E-state index in [0.717, 1.165) is 18.2 Å². The summed E-state index contributed by atoms with van der Waals surface area (Å²) in [5.74, 6) is -1.87. The number of hydrogen-bond donors (Lipinski definition) is 0. The molecular weight excluding hydrogens is 346 g/mol. The number of carbonyl (C=O) groups excluding carboxylic acids is 2. The number of aryl methyl sites for hydroxylation is 1. The van der Waals surface area contributed by atoms with E-state index < -0.39 is 17.5 Å². The van der Waals surface area contributed by atoms with Crippen LogP contribution in [0.1, 0.15) is 21.7 Å². The molecule has 0 atom stereocenters. The number of thiophene rings is 1. The lowest BCUT2D eigenvalue weighted by Gasteiger charge is -2.35. The predicted molar refractivity (Wildman–Crippen MR) is 91.5 cm³/mol. The monoisotopic (exact) mass is 364 g/mol. The van der Waals surface area contributed by atoms with Crippen molar-refractivity contribution >= 4 is 23.2 Å². The molecule has 0 radical (unpaired) electrons. The van der Waals surface area contributed by atoms with Gasteiger partial charge in [0, 0.05) is 37.5 Å². The Labute approximate surface area is 148 Å². The first-order valence-corrected chi connectivity index (χ1v) is 8.97. The Morgan fingerprint density at radius 3 is 2.44 bits per heavy atom. The van der Waals surface area contributed by atoms with Gasteiger partial charge in [-0.25, -0.2) is 8.78 Å². The largest absolute Gasteiger partial charge is 0.339 e. The van der Waals surface area contributed by atoms with E-state index in [4.69, 9.17) is 0 Å². The molecule has 2 heterocycles. The minimum Gasteiger partial charge on any atom is -0.339 e. The zero-order valence-corrected chi connectivity index (χ0v) is 14.4. The van der Waals surface area contributed by atoms with E-state index in [1.165, 1.54) is 9.78 Å². The molecule has 4 nitrogen and oxygen atoms in total. The molecular formula is C18H18F2N2O2S. The first-order chi connectivity index (χ1) is 12.0. The normalized spacial score (nSPS) is 14.6. The fourth-order valence-electron chi connectivity index (χ4n) is 2.83. The zero-order chi connectivity index (χ0) is 17.8. The van der Waals surface area contributed by atoms with Crippen molar-refractivity contribution in [2.45, 2.75) is 12.8 Å². The van der Waals surface area contributed by atoms with Crippen LogP contribution in [0, 0.1) is 11.6 Å². The molecule has 1 aliphatic rings. The molecule has 7 heteroatoms. The van der Waals surface area contributed by atoms with Crippen molar-refractivity contribution < 1.29 is 18.4 Å². The van der Waals surface area contributed by atoms with E-state index in [1.54, 1.807) is 16.2 Å². The second kappa shape index (κ2) is 7.74. The van der Waals surface area contributed by atoms with E-state index in [1.807, 2.05) is 17.5 Å². The molecule has 3 rings (SSSR count). The molecule has 132 valence electrons. The van der Waals surface area contributed by atoms with Crippen LogP contribution in [0.4, 0.5) is 8.78 Å². The molecule has 1 aliphatic heterocycles. The maximum atomic E-state index is 13.7. The summed E-state index contributed by atoms with van der Waals surface area (Å²) in [7, 11) is 0. The Morgan fingerprint density at radius 1 is 1.04 bits per heavy atom. The summed E-state index contributed by atoms with van der Waals surface area (Å²) in [6, 6.07) is 6.81. The minimum absolute atomic E-state index is 0.0532. The molecule has 2 amide bonds. The van der Waals surface area contributed by atoms with E-state index in [-0.39, 0.29) is 11.5 Å². The number of rotatable bonds is 4. The molecule has 25 heavy (non-hydrogen) atoms. The Kier molecular flexibility index (Phi) is 5.43. The third-order valence-electron chi connectivity index (χ3n) is 4.24. The second-order valence-corrected chi connectivity index (χ2v) is 6.91. The molecule has 1 aromatic heterocycles. The van der Waals surface area contributed by atoms with Gasteiger partial charge in [-0.15, -0.1) is 11.3 Å². The number of benzene rings is 1. The zero-order valence-electron chi connectivity index (χ0n) is 13.6. The standard InChI is InChI=1S/C18H18F2N2O2S/c19-13-3-5-16(20)15(12-13)18(24)22-9-7-21(8-10-22)17(23)6-4-14-2-1-11-25-14/h1-3,5,11-12H,4,6-10H2. The van der Waals surface area contributed by atoms with Crippen LogP contribution in [0.3, 0.4) is 0 Å². The van der Waals surface area contributed by atoms with Crippen LogP contribution in [-0.4, -0.2) is 47.8 Å². The van der Waals surface area contributed by atoms with Crippen molar-refractivity contribution in [2.24, 2.45) is 0 Å². The van der Waals surface area contributed by atoms with Crippen LogP contribution in [0.15, 0.2) is 35.7 Å². The molecule has 0 spiro atoms. The molecule has 0 unspecified atom stereocenters. The summed E-state index contributed by atoms with van der Waals surface area (Å²) in [5, 5.41) is 1.98. The number of nitrogens with zero attached hydrogens (tertiary/aromatic N) is 2. The summed E-state index contributed by atoms with van der Waals surface area (Å²) in [5.41, 5.74) is -0.266. The number of carbonyl (C=O) groups is 2. The molecule has 1 fully saturated rings. The highest BCUT2D eigenvalue weighted by atomic mass is 32.1. The van der Waals surface area contributed by atoms with Crippen LogP contribution in [0.5, 0.6) is 0 Å². The molecule has 0 saturated carbocycles. The van der Waals surface area contributed by atoms with Gasteiger partial charge in [0.1, 0.15) is 11.6 Å². The third kappa shape index (κ3) is 4.22. The average Bonchev–Trinajstić information content (AvgIpc) is 3.15. The van der Waals surface area contributed by atoms with Crippen molar-refractivity contribution in [2.75, 3.05) is 26.2 Å². The maximum absolute atomic E-state index is 13.7. The smallest absolute Gasteiger partial charge is 0.257 e. The fraction of sp³-hybridized carbons (Fsp3) is 0.333. The molecule has 0 N–H and O–H groups in total. The Bertz CT molecular complexity index is 756. The summed E-state index contributed by atoms with van der Waals surface area (Å²) < 4.78 is 27.0. The van der Waals surface area contributed by atoms with Crippen molar-refractivity contribution in [1.82, 2.24) is 9.80 Å². The summed E-state index contributed by atoms with van der Waals surface area (Å²) in [6.45, 7) is 1.46. The van der Waals surface area contributed by atoms with Gasteiger partial charge in [0.25, 0.3) is 5.91 Å². The summed E-state index contributed by atoms with van der Waals surface area (Å²) in [4.78, 5) is 29.0. The first-order valence-electron chi connectivity index (χ1n) is 8.09. The molecule has 1 aromatic carbocycles. The van der Waals surface area contributed by atoms with E-state index in [9.17, 15) is 18.4 Å². The number of halogens is 2. The van der Waals surface area contributed by atoms with Crippen LogP contribution >= 0.6 is 11.3 Å². The van der Waals surface area contributed by atoms with E-state index in [0.29, 0.717) is 39.0 Å². The van der Waals surface area contributed by atoms with Gasteiger partial charge in [0.15, 0.2) is 0 Å². The number of amides is 2. The van der Waals surface area contributed by atoms with Gasteiger partial charge in [-0.3, -0.25) is 9.59 Å². The van der Waals surface area contributed by atoms with Gasteiger partial charge < -0.3 is 9.80 Å². The van der Waals surface area contributed by atoms with E-state index >= 15 is 0 Å². The van der Waals surface area contributed by atoms with Crippen molar-refractivity contribution in [3.05, 3.63) is 57.8 Å². The van der Waals surface area contributed by atoms with E-state index in [2.05, 4.69) is 0 Å². The summed E-state index contributed by atoms with van der Waals surface area (Å²) >= 11 is 1.63. The highest BCUT2D eigenvalue weighted by molar-refractivity contribution is 7.09. The lowest BCUT2D eigenvalue weighted by Crippen LogP contribution is -2.50. The van der Waals surface area contributed by atoms with Crippen molar-refractivity contribution in [3.8, 4) is 0 Å². The average molecular weight is 364 g/mol. The summed E-state index contributed by atoms with van der Waals surface area (Å²) in [6.07, 6.45) is 1.15. The van der Waals surface area contributed by atoms with Gasteiger partial charge in [-0.2, -0.15) is 0 Å². The third-order valence-corrected chi connectivity index (χ3v) is 5.18. The van der Waals surface area contributed by atoms with Gasteiger partial charge in [-0.05, 0) is 36.1 Å². The molecule has 0 aliphatic carbocycles. The predicted octanol–water partition coefficient (Wildman–Crippen LogP) is 2.94. The highest BCUT2D eigenvalue weighted by Gasteiger charge is 2.26. The Morgan fingerprint density at radius 2 is 1.76 bits per heavy atom.